The lowest BCUT2D eigenvalue weighted by Crippen LogP contribution is -1.70. The first-order chi connectivity index (χ1) is 7.00. The number of hydrogen-bond acceptors (Lipinski definition) is 0. The maximum Gasteiger partial charge on any atom is -0.0160 e. The van der Waals surface area contributed by atoms with Crippen LogP contribution < -0.4 is 0 Å². The zero-order valence-electron chi connectivity index (χ0n) is 8.52. The van der Waals surface area contributed by atoms with E-state index < -0.39 is 0 Å². The predicted octanol–water partition coefficient (Wildman–Crippen LogP) is 4.14. The van der Waals surface area contributed by atoms with Gasteiger partial charge in [-0.3, -0.25) is 0 Å². The Kier molecular flexibility index (Phi) is 6.39. The van der Waals surface area contributed by atoms with Crippen LogP contribution in [0.15, 0.2) is 54.7 Å². The minimum Gasteiger partial charge on any atom is -0.0845 e. The SMILES string of the molecule is [C]1=C/C\C=C/C=C/C=C/C=C\CCC/1. The van der Waals surface area contributed by atoms with E-state index in [4.69, 9.17) is 0 Å². The molecule has 0 aromatic heterocycles. The van der Waals surface area contributed by atoms with Gasteiger partial charge in [0.25, 0.3) is 0 Å². The quantitative estimate of drug-likeness (QED) is 0.532. The van der Waals surface area contributed by atoms with Crippen LogP contribution in [0.5, 0.6) is 0 Å². The van der Waals surface area contributed by atoms with Crippen LogP contribution in [-0.4, -0.2) is 0 Å². The lowest BCUT2D eigenvalue weighted by Gasteiger charge is -1.89. The summed E-state index contributed by atoms with van der Waals surface area (Å²) < 4.78 is 0. The fourth-order valence-electron chi connectivity index (χ4n) is 1.16. The summed E-state index contributed by atoms with van der Waals surface area (Å²) in [5.41, 5.74) is 0. The molecule has 0 saturated carbocycles. The standard InChI is InChI=1S/C14H17/c1-2-4-6-8-10-12-14-13-11-9-7-5-3-1/h1-8,11H,9-10,12,14H2/b3-1+,4-2+,7-5-,8-6-,13-11?. The van der Waals surface area contributed by atoms with E-state index in [1.807, 2.05) is 12.2 Å². The Labute approximate surface area is 87.0 Å². The first-order valence-electron chi connectivity index (χ1n) is 5.20. The van der Waals surface area contributed by atoms with Crippen molar-refractivity contribution in [1.82, 2.24) is 0 Å². The first-order valence-corrected chi connectivity index (χ1v) is 5.20. The minimum atomic E-state index is 0.990. The van der Waals surface area contributed by atoms with Gasteiger partial charge in [-0.05, 0) is 31.8 Å². The number of rotatable bonds is 0. The van der Waals surface area contributed by atoms with Gasteiger partial charge >= 0.3 is 0 Å². The van der Waals surface area contributed by atoms with Crippen molar-refractivity contribution in [2.75, 3.05) is 0 Å². The monoisotopic (exact) mass is 185 g/mol. The maximum atomic E-state index is 3.29. The van der Waals surface area contributed by atoms with Crippen LogP contribution in [0.1, 0.15) is 25.7 Å². The van der Waals surface area contributed by atoms with Crippen molar-refractivity contribution in [2.45, 2.75) is 25.7 Å². The molecule has 0 bridgehead atoms. The van der Waals surface area contributed by atoms with Crippen LogP contribution in [0.25, 0.3) is 0 Å². The lowest BCUT2D eigenvalue weighted by atomic mass is 10.2. The van der Waals surface area contributed by atoms with Crippen molar-refractivity contribution in [2.24, 2.45) is 0 Å². The van der Waals surface area contributed by atoms with Gasteiger partial charge in [0.1, 0.15) is 0 Å². The van der Waals surface area contributed by atoms with Gasteiger partial charge in [0.05, 0.1) is 0 Å². The Morgan fingerprint density at radius 2 is 1.50 bits per heavy atom. The molecule has 0 amide bonds. The van der Waals surface area contributed by atoms with Gasteiger partial charge in [0, 0.05) is 0 Å². The summed E-state index contributed by atoms with van der Waals surface area (Å²) in [6, 6.07) is 0. The average Bonchev–Trinajstić information content (AvgIpc) is 2.22. The summed E-state index contributed by atoms with van der Waals surface area (Å²) in [6.07, 6.45) is 26.5. The van der Waals surface area contributed by atoms with Crippen LogP contribution in [0.3, 0.4) is 0 Å². The Morgan fingerprint density at radius 1 is 0.786 bits per heavy atom. The van der Waals surface area contributed by atoms with E-state index in [9.17, 15) is 0 Å². The van der Waals surface area contributed by atoms with Crippen molar-refractivity contribution >= 4 is 0 Å². The number of allylic oxidation sites excluding steroid dienone is 10. The molecule has 1 radical (unpaired) electrons. The zero-order chi connectivity index (χ0) is 9.90. The van der Waals surface area contributed by atoms with E-state index in [1.165, 1.54) is 6.42 Å². The van der Waals surface area contributed by atoms with Crippen molar-refractivity contribution < 1.29 is 0 Å². The third-order valence-electron chi connectivity index (χ3n) is 1.92. The molecule has 0 N–H and O–H groups in total. The third kappa shape index (κ3) is 6.24. The third-order valence-corrected chi connectivity index (χ3v) is 1.92. The number of hydrogen-bond donors (Lipinski definition) is 0. The molecule has 0 heterocycles. The normalized spacial score (nSPS) is 29.7. The Hall–Kier alpha value is -1.30. The summed E-state index contributed by atoms with van der Waals surface area (Å²) in [6.45, 7) is 0. The summed E-state index contributed by atoms with van der Waals surface area (Å²) in [7, 11) is 0. The van der Waals surface area contributed by atoms with E-state index in [-0.39, 0.29) is 0 Å². The van der Waals surface area contributed by atoms with E-state index in [0.29, 0.717) is 0 Å². The summed E-state index contributed by atoms with van der Waals surface area (Å²) >= 11 is 0. The molecular formula is C14H17. The fraction of sp³-hybridized carbons (Fsp3) is 0.286. The second kappa shape index (κ2) is 8.31. The molecule has 0 heteroatoms. The van der Waals surface area contributed by atoms with Crippen LogP contribution >= 0.6 is 0 Å². The van der Waals surface area contributed by atoms with E-state index in [0.717, 1.165) is 19.3 Å². The van der Waals surface area contributed by atoms with Crippen LogP contribution in [0, 0.1) is 6.08 Å². The Morgan fingerprint density at radius 3 is 2.36 bits per heavy atom. The van der Waals surface area contributed by atoms with Crippen LogP contribution in [-0.2, 0) is 0 Å². The van der Waals surface area contributed by atoms with Gasteiger partial charge in [0.15, 0.2) is 0 Å². The molecule has 14 heavy (non-hydrogen) atoms. The predicted molar refractivity (Wildman–Crippen MR) is 62.8 cm³/mol. The Balaban J connectivity index is 2.46. The topological polar surface area (TPSA) is 0 Å². The van der Waals surface area contributed by atoms with E-state index in [1.54, 1.807) is 0 Å². The van der Waals surface area contributed by atoms with Crippen LogP contribution in [0.4, 0.5) is 0 Å². The molecule has 0 aliphatic heterocycles. The van der Waals surface area contributed by atoms with Gasteiger partial charge in [-0.15, -0.1) is 0 Å². The molecule has 0 spiro atoms. The largest absolute Gasteiger partial charge is 0.0845 e. The van der Waals surface area contributed by atoms with Crippen molar-refractivity contribution in [3.8, 4) is 0 Å². The fourth-order valence-corrected chi connectivity index (χ4v) is 1.16. The van der Waals surface area contributed by atoms with Gasteiger partial charge in [0.2, 0.25) is 0 Å². The van der Waals surface area contributed by atoms with Crippen LogP contribution in [0.2, 0.25) is 0 Å². The molecule has 0 fully saturated rings. The lowest BCUT2D eigenvalue weighted by molar-refractivity contribution is 0.852. The van der Waals surface area contributed by atoms with Gasteiger partial charge in [-0.25, -0.2) is 0 Å². The highest BCUT2D eigenvalue weighted by molar-refractivity contribution is 5.15. The average molecular weight is 185 g/mol. The zero-order valence-corrected chi connectivity index (χ0v) is 8.52. The highest BCUT2D eigenvalue weighted by Gasteiger charge is 1.80. The van der Waals surface area contributed by atoms with Gasteiger partial charge in [-0.1, -0.05) is 54.7 Å². The minimum absolute atomic E-state index is 0.990. The second-order valence-electron chi connectivity index (χ2n) is 3.16. The summed E-state index contributed by atoms with van der Waals surface area (Å²) in [5, 5.41) is 0. The first kappa shape index (κ1) is 10.8. The summed E-state index contributed by atoms with van der Waals surface area (Å²) in [5.74, 6) is 0. The van der Waals surface area contributed by atoms with Gasteiger partial charge in [-0.2, -0.15) is 0 Å². The highest BCUT2D eigenvalue weighted by Crippen LogP contribution is 1.99. The second-order valence-corrected chi connectivity index (χ2v) is 3.16. The molecule has 0 atom stereocenters. The molecule has 73 valence electrons. The molecule has 1 aliphatic carbocycles. The highest BCUT2D eigenvalue weighted by atomic mass is 13.9. The molecule has 0 unspecified atom stereocenters. The van der Waals surface area contributed by atoms with E-state index >= 15 is 0 Å². The van der Waals surface area contributed by atoms with Crippen molar-refractivity contribution in [3.05, 3.63) is 60.8 Å². The van der Waals surface area contributed by atoms with Crippen molar-refractivity contribution in [3.63, 3.8) is 0 Å². The van der Waals surface area contributed by atoms with E-state index in [2.05, 4.69) is 48.6 Å². The van der Waals surface area contributed by atoms with Crippen molar-refractivity contribution in [1.29, 1.82) is 0 Å². The molecule has 1 aliphatic rings. The molecule has 0 aromatic rings. The Bertz CT molecular complexity index is 262. The molecule has 0 nitrogen and oxygen atoms in total. The molecule has 1 rings (SSSR count). The molecular weight excluding hydrogens is 168 g/mol. The molecule has 0 saturated heterocycles. The molecule has 0 aromatic carbocycles. The summed E-state index contributed by atoms with van der Waals surface area (Å²) in [4.78, 5) is 0. The maximum absolute atomic E-state index is 3.29. The smallest absolute Gasteiger partial charge is 0.0160 e. The van der Waals surface area contributed by atoms with Gasteiger partial charge < -0.3 is 0 Å².